The molecule has 3 heteroatoms. The molecule has 0 aliphatic carbocycles. The summed E-state index contributed by atoms with van der Waals surface area (Å²) in [4.78, 5) is 0. The largest absolute Gasteiger partial charge is 0.380 e. The smallest absolute Gasteiger partial charge is 0.0451 e. The number of hydrogen-bond acceptors (Lipinski definition) is 3. The van der Waals surface area contributed by atoms with Crippen molar-refractivity contribution in [2.75, 3.05) is 5.32 Å². The summed E-state index contributed by atoms with van der Waals surface area (Å²) < 4.78 is 0. The second-order valence-electron chi connectivity index (χ2n) is 2.50. The molecular weight excluding hydrogens is 186 g/mol. The summed E-state index contributed by atoms with van der Waals surface area (Å²) >= 11 is 3.46. The summed E-state index contributed by atoms with van der Waals surface area (Å²) in [5, 5.41) is 11.8. The highest BCUT2D eigenvalue weighted by Crippen LogP contribution is 2.14. The monoisotopic (exact) mass is 195 g/mol. The molecule has 2 aromatic heterocycles. The van der Waals surface area contributed by atoms with Crippen LogP contribution < -0.4 is 5.32 Å². The average Bonchev–Trinajstić information content (AvgIpc) is 2.74. The van der Waals surface area contributed by atoms with E-state index < -0.39 is 0 Å². The molecule has 0 spiro atoms. The highest BCUT2D eigenvalue weighted by molar-refractivity contribution is 7.08. The third-order valence-electron chi connectivity index (χ3n) is 1.60. The zero-order valence-corrected chi connectivity index (χ0v) is 8.12. The summed E-state index contributed by atoms with van der Waals surface area (Å²) in [6.07, 6.45) is 0. The second-order valence-corrected chi connectivity index (χ2v) is 4.06. The van der Waals surface area contributed by atoms with Crippen molar-refractivity contribution in [1.29, 1.82) is 0 Å². The fraction of sp³-hybridized carbons (Fsp3) is 0.111. The maximum Gasteiger partial charge on any atom is 0.0451 e. The fourth-order valence-corrected chi connectivity index (χ4v) is 2.24. The molecule has 0 bridgehead atoms. The van der Waals surface area contributed by atoms with E-state index in [2.05, 4.69) is 39.0 Å². The zero-order valence-electron chi connectivity index (χ0n) is 6.49. The van der Waals surface area contributed by atoms with Crippen molar-refractivity contribution in [3.63, 3.8) is 0 Å². The Morgan fingerprint density at radius 3 is 2.58 bits per heavy atom. The van der Waals surface area contributed by atoms with Gasteiger partial charge in [0.25, 0.3) is 0 Å². The first-order valence-electron chi connectivity index (χ1n) is 3.72. The van der Waals surface area contributed by atoms with Gasteiger partial charge in [0.05, 0.1) is 0 Å². The van der Waals surface area contributed by atoms with Crippen LogP contribution in [0.3, 0.4) is 0 Å². The number of rotatable bonds is 3. The molecule has 0 aromatic carbocycles. The molecule has 0 radical (unpaired) electrons. The minimum atomic E-state index is 0.931. The Morgan fingerprint density at radius 1 is 1.08 bits per heavy atom. The van der Waals surface area contributed by atoms with E-state index in [4.69, 9.17) is 0 Å². The highest BCUT2D eigenvalue weighted by Gasteiger charge is 1.93. The lowest BCUT2D eigenvalue weighted by Gasteiger charge is -1.99. The molecular formula is C9H9NS2. The normalized spacial score (nSPS) is 10.0. The van der Waals surface area contributed by atoms with Crippen molar-refractivity contribution < 1.29 is 0 Å². The van der Waals surface area contributed by atoms with Crippen LogP contribution in [0.5, 0.6) is 0 Å². The Hall–Kier alpha value is -0.800. The first-order chi connectivity index (χ1) is 5.95. The molecule has 12 heavy (non-hydrogen) atoms. The van der Waals surface area contributed by atoms with Crippen molar-refractivity contribution in [3.05, 3.63) is 39.2 Å². The Kier molecular flexibility index (Phi) is 2.44. The van der Waals surface area contributed by atoms with Gasteiger partial charge in [0, 0.05) is 17.6 Å². The Morgan fingerprint density at radius 2 is 1.92 bits per heavy atom. The van der Waals surface area contributed by atoms with Gasteiger partial charge in [-0.1, -0.05) is 0 Å². The van der Waals surface area contributed by atoms with E-state index in [0.29, 0.717) is 0 Å². The van der Waals surface area contributed by atoms with E-state index >= 15 is 0 Å². The molecule has 2 rings (SSSR count). The standard InChI is InChI=1S/C9H9NS2/c1-3-11-6-8(1)5-10-9-2-4-12-7-9/h1-4,6-7,10H,5H2. The van der Waals surface area contributed by atoms with Crippen LogP contribution in [-0.2, 0) is 6.54 Å². The van der Waals surface area contributed by atoms with Crippen LogP contribution in [0.25, 0.3) is 0 Å². The molecule has 0 atom stereocenters. The summed E-state index contributed by atoms with van der Waals surface area (Å²) in [5.74, 6) is 0. The van der Waals surface area contributed by atoms with Crippen LogP contribution in [0.4, 0.5) is 5.69 Å². The molecule has 0 unspecified atom stereocenters. The number of hydrogen-bond donors (Lipinski definition) is 1. The topological polar surface area (TPSA) is 12.0 Å². The number of thiophene rings is 2. The van der Waals surface area contributed by atoms with Crippen molar-refractivity contribution in [2.45, 2.75) is 6.54 Å². The van der Waals surface area contributed by atoms with Crippen LogP contribution in [0.1, 0.15) is 5.56 Å². The number of nitrogens with one attached hydrogen (secondary N) is 1. The van der Waals surface area contributed by atoms with Gasteiger partial charge in [0.1, 0.15) is 0 Å². The van der Waals surface area contributed by atoms with Crippen LogP contribution in [0.2, 0.25) is 0 Å². The van der Waals surface area contributed by atoms with Crippen molar-refractivity contribution in [3.8, 4) is 0 Å². The quantitative estimate of drug-likeness (QED) is 0.791. The lowest BCUT2D eigenvalue weighted by molar-refractivity contribution is 1.17. The molecule has 62 valence electrons. The third-order valence-corrected chi connectivity index (χ3v) is 3.01. The Balaban J connectivity index is 1.91. The molecule has 0 aliphatic heterocycles. The van der Waals surface area contributed by atoms with Gasteiger partial charge in [-0.3, -0.25) is 0 Å². The maximum absolute atomic E-state index is 3.34. The molecule has 1 N–H and O–H groups in total. The molecule has 0 saturated carbocycles. The minimum Gasteiger partial charge on any atom is -0.380 e. The first kappa shape index (κ1) is 7.83. The Labute approximate surface area is 79.7 Å². The molecule has 2 heterocycles. The second kappa shape index (κ2) is 3.74. The molecule has 0 fully saturated rings. The first-order valence-corrected chi connectivity index (χ1v) is 5.61. The van der Waals surface area contributed by atoms with Crippen LogP contribution in [-0.4, -0.2) is 0 Å². The van der Waals surface area contributed by atoms with Gasteiger partial charge < -0.3 is 5.32 Å². The maximum atomic E-state index is 3.34. The van der Waals surface area contributed by atoms with Crippen molar-refractivity contribution in [1.82, 2.24) is 0 Å². The summed E-state index contributed by atoms with van der Waals surface area (Å²) in [6.45, 7) is 0.931. The van der Waals surface area contributed by atoms with E-state index in [1.165, 1.54) is 11.3 Å². The molecule has 2 aromatic rings. The predicted molar refractivity (Wildman–Crippen MR) is 56.0 cm³/mol. The van der Waals surface area contributed by atoms with E-state index in [1.807, 2.05) is 0 Å². The molecule has 1 nitrogen and oxygen atoms in total. The lowest BCUT2D eigenvalue weighted by atomic mass is 10.3. The van der Waals surface area contributed by atoms with E-state index in [1.54, 1.807) is 22.7 Å². The SMILES string of the molecule is c1cc(CNc2ccsc2)cs1. The van der Waals surface area contributed by atoms with E-state index in [9.17, 15) is 0 Å². The fourth-order valence-electron chi connectivity index (χ4n) is 0.962. The van der Waals surface area contributed by atoms with Crippen LogP contribution in [0, 0.1) is 0 Å². The van der Waals surface area contributed by atoms with Gasteiger partial charge in [-0.25, -0.2) is 0 Å². The minimum absolute atomic E-state index is 0.931. The average molecular weight is 195 g/mol. The molecule has 0 saturated heterocycles. The van der Waals surface area contributed by atoms with E-state index in [0.717, 1.165) is 6.54 Å². The van der Waals surface area contributed by atoms with Crippen LogP contribution in [0.15, 0.2) is 33.7 Å². The molecule has 0 aliphatic rings. The van der Waals surface area contributed by atoms with Gasteiger partial charge in [0.15, 0.2) is 0 Å². The zero-order chi connectivity index (χ0) is 8.23. The summed E-state index contributed by atoms with van der Waals surface area (Å²) in [6, 6.07) is 4.24. The van der Waals surface area contributed by atoms with Crippen molar-refractivity contribution >= 4 is 28.4 Å². The van der Waals surface area contributed by atoms with E-state index in [-0.39, 0.29) is 0 Å². The predicted octanol–water partition coefficient (Wildman–Crippen LogP) is 3.42. The number of anilines is 1. The van der Waals surface area contributed by atoms with Gasteiger partial charge in [-0.2, -0.15) is 22.7 Å². The van der Waals surface area contributed by atoms with Crippen LogP contribution >= 0.6 is 22.7 Å². The van der Waals surface area contributed by atoms with Gasteiger partial charge in [-0.05, 0) is 33.8 Å². The highest BCUT2D eigenvalue weighted by atomic mass is 32.1. The molecule has 0 amide bonds. The van der Waals surface area contributed by atoms with Gasteiger partial charge in [-0.15, -0.1) is 0 Å². The summed E-state index contributed by atoms with van der Waals surface area (Å²) in [7, 11) is 0. The lowest BCUT2D eigenvalue weighted by Crippen LogP contribution is -1.95. The summed E-state index contributed by atoms with van der Waals surface area (Å²) in [5.41, 5.74) is 2.57. The van der Waals surface area contributed by atoms with Gasteiger partial charge >= 0.3 is 0 Å². The van der Waals surface area contributed by atoms with Crippen molar-refractivity contribution in [2.24, 2.45) is 0 Å². The van der Waals surface area contributed by atoms with Gasteiger partial charge in [0.2, 0.25) is 0 Å². The third kappa shape index (κ3) is 1.87. The Bertz CT molecular complexity index is 276.